The SMILES string of the molecule is O=C(O)CC1(c2ccc(S(=O)(=O)C3CC3)c(Cl)c2)CC1. The number of carbonyl (C=O) groups is 1. The van der Waals surface area contributed by atoms with Crippen LogP contribution in [0.5, 0.6) is 0 Å². The standard InChI is InChI=1S/C14H15ClO4S/c15-11-7-9(14(5-6-14)8-13(16)17)1-4-12(11)20(18,19)10-2-3-10/h1,4,7,10H,2-3,5-6,8H2,(H,16,17). The van der Waals surface area contributed by atoms with Crippen LogP contribution in [0, 0.1) is 0 Å². The number of sulfone groups is 1. The molecule has 0 saturated heterocycles. The van der Waals surface area contributed by atoms with E-state index in [0.29, 0.717) is 12.8 Å². The van der Waals surface area contributed by atoms with Gasteiger partial charge in [-0.1, -0.05) is 17.7 Å². The molecule has 0 unspecified atom stereocenters. The first-order valence-corrected chi connectivity index (χ1v) is 8.53. The van der Waals surface area contributed by atoms with Crippen molar-refractivity contribution in [2.75, 3.05) is 0 Å². The molecule has 0 aliphatic heterocycles. The summed E-state index contributed by atoms with van der Waals surface area (Å²) in [6, 6.07) is 4.89. The lowest BCUT2D eigenvalue weighted by Gasteiger charge is -2.15. The molecule has 2 aliphatic rings. The van der Waals surface area contributed by atoms with E-state index in [1.54, 1.807) is 12.1 Å². The summed E-state index contributed by atoms with van der Waals surface area (Å²) in [5.74, 6) is -0.840. The van der Waals surface area contributed by atoms with Crippen LogP contribution in [0.2, 0.25) is 5.02 Å². The third-order valence-corrected chi connectivity index (χ3v) is 6.90. The van der Waals surface area contributed by atoms with Gasteiger partial charge < -0.3 is 5.11 Å². The van der Waals surface area contributed by atoms with Crippen LogP contribution in [-0.4, -0.2) is 24.7 Å². The van der Waals surface area contributed by atoms with Gasteiger partial charge in [-0.25, -0.2) is 8.42 Å². The van der Waals surface area contributed by atoms with Crippen molar-refractivity contribution in [2.45, 2.75) is 47.7 Å². The molecule has 2 aliphatic carbocycles. The van der Waals surface area contributed by atoms with E-state index in [2.05, 4.69) is 0 Å². The molecule has 0 heterocycles. The van der Waals surface area contributed by atoms with Gasteiger partial charge in [-0.3, -0.25) is 4.79 Å². The van der Waals surface area contributed by atoms with Crippen LogP contribution in [0.4, 0.5) is 0 Å². The second-order valence-corrected chi connectivity index (χ2v) is 8.34. The highest BCUT2D eigenvalue weighted by Gasteiger charge is 2.46. The topological polar surface area (TPSA) is 71.4 Å². The Balaban J connectivity index is 1.94. The number of carboxylic acids is 1. The second-order valence-electron chi connectivity index (χ2n) is 5.74. The van der Waals surface area contributed by atoms with Crippen molar-refractivity contribution < 1.29 is 18.3 Å². The number of hydrogen-bond donors (Lipinski definition) is 1. The molecule has 0 aromatic heterocycles. The van der Waals surface area contributed by atoms with Gasteiger partial charge in [0.15, 0.2) is 9.84 Å². The molecule has 1 aromatic carbocycles. The van der Waals surface area contributed by atoms with Gasteiger partial charge >= 0.3 is 5.97 Å². The van der Waals surface area contributed by atoms with Crippen molar-refractivity contribution in [1.82, 2.24) is 0 Å². The Hall–Kier alpha value is -1.07. The van der Waals surface area contributed by atoms with E-state index in [-0.39, 0.29) is 27.0 Å². The fraction of sp³-hybridized carbons (Fsp3) is 0.500. The number of benzene rings is 1. The van der Waals surface area contributed by atoms with Crippen LogP contribution in [0.25, 0.3) is 0 Å². The molecular weight excluding hydrogens is 300 g/mol. The third kappa shape index (κ3) is 2.33. The van der Waals surface area contributed by atoms with Gasteiger partial charge in [0.05, 0.1) is 21.6 Å². The molecular formula is C14H15ClO4S. The molecule has 1 aromatic rings. The van der Waals surface area contributed by atoms with E-state index in [1.807, 2.05) is 0 Å². The Bertz CT molecular complexity index is 672. The fourth-order valence-electron chi connectivity index (χ4n) is 2.63. The largest absolute Gasteiger partial charge is 0.481 e. The van der Waals surface area contributed by atoms with Gasteiger partial charge in [0.2, 0.25) is 0 Å². The molecule has 20 heavy (non-hydrogen) atoms. The van der Waals surface area contributed by atoms with Crippen LogP contribution in [0.1, 0.15) is 37.7 Å². The summed E-state index contributed by atoms with van der Waals surface area (Å²) in [5, 5.41) is 8.88. The van der Waals surface area contributed by atoms with Crippen molar-refractivity contribution in [2.24, 2.45) is 0 Å². The van der Waals surface area contributed by atoms with Gasteiger partial charge in [0, 0.05) is 5.41 Å². The maximum absolute atomic E-state index is 12.2. The Morgan fingerprint density at radius 2 is 2.00 bits per heavy atom. The van der Waals surface area contributed by atoms with Crippen LogP contribution in [0.3, 0.4) is 0 Å². The number of aliphatic carboxylic acids is 1. The van der Waals surface area contributed by atoms with E-state index in [0.717, 1.165) is 18.4 Å². The summed E-state index contributed by atoms with van der Waals surface area (Å²) < 4.78 is 24.4. The summed E-state index contributed by atoms with van der Waals surface area (Å²) in [6.45, 7) is 0. The minimum absolute atomic E-state index is 0.0675. The normalized spacial score (nSPS) is 20.6. The Kier molecular flexibility index (Phi) is 3.10. The molecule has 0 spiro atoms. The van der Waals surface area contributed by atoms with Gasteiger partial charge in [0.25, 0.3) is 0 Å². The monoisotopic (exact) mass is 314 g/mol. The summed E-state index contributed by atoms with van der Waals surface area (Å²) in [5.41, 5.74) is 0.483. The number of hydrogen-bond acceptors (Lipinski definition) is 3. The van der Waals surface area contributed by atoms with Crippen molar-refractivity contribution in [1.29, 1.82) is 0 Å². The van der Waals surface area contributed by atoms with Gasteiger partial charge in [0.1, 0.15) is 0 Å². The van der Waals surface area contributed by atoms with Crippen LogP contribution >= 0.6 is 11.6 Å². The first-order chi connectivity index (χ1) is 9.35. The first-order valence-electron chi connectivity index (χ1n) is 6.61. The maximum atomic E-state index is 12.2. The smallest absolute Gasteiger partial charge is 0.304 e. The summed E-state index contributed by atoms with van der Waals surface area (Å²) in [6.07, 6.45) is 3.08. The average Bonchev–Trinajstić information content (AvgIpc) is 3.22. The Morgan fingerprint density at radius 1 is 1.35 bits per heavy atom. The quantitative estimate of drug-likeness (QED) is 0.907. The molecule has 6 heteroatoms. The van der Waals surface area contributed by atoms with E-state index < -0.39 is 15.8 Å². The van der Waals surface area contributed by atoms with E-state index in [9.17, 15) is 13.2 Å². The van der Waals surface area contributed by atoms with Crippen molar-refractivity contribution in [3.8, 4) is 0 Å². The molecule has 0 amide bonds. The first kappa shape index (κ1) is 13.9. The number of halogens is 1. The van der Waals surface area contributed by atoms with Crippen molar-refractivity contribution in [3.63, 3.8) is 0 Å². The van der Waals surface area contributed by atoms with Gasteiger partial charge in [-0.15, -0.1) is 0 Å². The van der Waals surface area contributed by atoms with E-state index >= 15 is 0 Å². The summed E-state index contributed by atoms with van der Waals surface area (Å²) in [4.78, 5) is 11.1. The van der Waals surface area contributed by atoms with Gasteiger partial charge in [-0.2, -0.15) is 0 Å². The highest BCUT2D eigenvalue weighted by Crippen LogP contribution is 2.52. The van der Waals surface area contributed by atoms with Crippen LogP contribution in [0.15, 0.2) is 23.1 Å². The minimum atomic E-state index is -3.31. The van der Waals surface area contributed by atoms with Gasteiger partial charge in [-0.05, 0) is 43.4 Å². The molecule has 2 fully saturated rings. The second kappa shape index (κ2) is 4.46. The minimum Gasteiger partial charge on any atom is -0.481 e. The van der Waals surface area contributed by atoms with Crippen LogP contribution in [-0.2, 0) is 20.0 Å². The molecule has 0 atom stereocenters. The highest BCUT2D eigenvalue weighted by atomic mass is 35.5. The summed E-state index contributed by atoms with van der Waals surface area (Å²) >= 11 is 6.13. The Morgan fingerprint density at radius 3 is 2.45 bits per heavy atom. The lowest BCUT2D eigenvalue weighted by atomic mass is 9.92. The average molecular weight is 315 g/mol. The fourth-order valence-corrected chi connectivity index (χ4v) is 4.83. The summed E-state index contributed by atoms with van der Waals surface area (Å²) in [7, 11) is -3.31. The van der Waals surface area contributed by atoms with Crippen LogP contribution < -0.4 is 0 Å². The lowest BCUT2D eigenvalue weighted by Crippen LogP contribution is -2.14. The van der Waals surface area contributed by atoms with Crippen molar-refractivity contribution in [3.05, 3.63) is 28.8 Å². The molecule has 2 saturated carbocycles. The maximum Gasteiger partial charge on any atom is 0.304 e. The number of rotatable bonds is 5. The zero-order valence-corrected chi connectivity index (χ0v) is 12.4. The van der Waals surface area contributed by atoms with E-state index in [1.165, 1.54) is 6.07 Å². The Labute approximate surface area is 122 Å². The lowest BCUT2D eigenvalue weighted by molar-refractivity contribution is -0.137. The third-order valence-electron chi connectivity index (χ3n) is 4.16. The van der Waals surface area contributed by atoms with E-state index in [4.69, 9.17) is 16.7 Å². The molecule has 3 rings (SSSR count). The zero-order chi connectivity index (χ0) is 14.5. The number of carboxylic acid groups (broad SMARTS) is 1. The van der Waals surface area contributed by atoms with Crippen molar-refractivity contribution >= 4 is 27.4 Å². The highest BCUT2D eigenvalue weighted by molar-refractivity contribution is 7.92. The molecule has 0 bridgehead atoms. The predicted molar refractivity (Wildman–Crippen MR) is 74.8 cm³/mol. The molecule has 108 valence electrons. The molecule has 1 N–H and O–H groups in total. The predicted octanol–water partition coefficient (Wildman–Crippen LogP) is 2.78. The molecule has 4 nitrogen and oxygen atoms in total. The zero-order valence-electron chi connectivity index (χ0n) is 10.8. The molecule has 0 radical (unpaired) electrons.